The summed E-state index contributed by atoms with van der Waals surface area (Å²) in [5, 5.41) is 1.10. The summed E-state index contributed by atoms with van der Waals surface area (Å²) >= 11 is 0. The first-order valence-electron chi connectivity index (χ1n) is 9.07. The predicted molar refractivity (Wildman–Crippen MR) is 106 cm³/mol. The third-order valence-electron chi connectivity index (χ3n) is 5.19. The van der Waals surface area contributed by atoms with Gasteiger partial charge < -0.3 is 9.15 Å². The van der Waals surface area contributed by atoms with Gasteiger partial charge in [0.05, 0.1) is 24.9 Å². The summed E-state index contributed by atoms with van der Waals surface area (Å²) in [7, 11) is 1.27. The zero-order chi connectivity index (χ0) is 20.1. The molecule has 1 aliphatic carbocycles. The van der Waals surface area contributed by atoms with Gasteiger partial charge in [0.25, 0.3) is 5.56 Å². The number of ketones is 1. The summed E-state index contributed by atoms with van der Waals surface area (Å²) in [6, 6.07) is 17.5. The molecular weight excluding hydrogens is 370 g/mol. The van der Waals surface area contributed by atoms with Crippen LogP contribution in [-0.4, -0.2) is 23.4 Å². The van der Waals surface area contributed by atoms with Crippen LogP contribution in [0.3, 0.4) is 0 Å². The average Bonchev–Trinajstić information content (AvgIpc) is 3.34. The lowest BCUT2D eigenvalue weighted by atomic mass is 10.0. The predicted octanol–water partition coefficient (Wildman–Crippen LogP) is 3.64. The van der Waals surface area contributed by atoms with Crippen molar-refractivity contribution in [2.24, 2.45) is 0 Å². The van der Waals surface area contributed by atoms with Gasteiger partial charge in [-0.05, 0) is 18.2 Å². The van der Waals surface area contributed by atoms with Crippen molar-refractivity contribution in [1.82, 2.24) is 4.57 Å². The summed E-state index contributed by atoms with van der Waals surface area (Å²) in [5.74, 6) is -0.214. The van der Waals surface area contributed by atoms with Crippen LogP contribution in [0.1, 0.15) is 32.2 Å². The minimum atomic E-state index is -0.590. The second-order valence-electron chi connectivity index (χ2n) is 6.79. The first-order chi connectivity index (χ1) is 14.1. The van der Waals surface area contributed by atoms with Crippen molar-refractivity contribution in [3.8, 4) is 11.3 Å². The van der Waals surface area contributed by atoms with E-state index >= 15 is 0 Å². The highest BCUT2D eigenvalue weighted by atomic mass is 16.5. The van der Waals surface area contributed by atoms with Crippen molar-refractivity contribution in [2.75, 3.05) is 7.11 Å². The summed E-state index contributed by atoms with van der Waals surface area (Å²) in [4.78, 5) is 38.2. The van der Waals surface area contributed by atoms with Gasteiger partial charge in [-0.3, -0.25) is 14.2 Å². The molecular formula is C23H15NO5. The lowest BCUT2D eigenvalue weighted by Gasteiger charge is -2.14. The second kappa shape index (κ2) is 6.31. The molecule has 4 aromatic rings. The maximum atomic E-state index is 13.3. The zero-order valence-electron chi connectivity index (χ0n) is 15.5. The van der Waals surface area contributed by atoms with Gasteiger partial charge in [0.15, 0.2) is 5.78 Å². The normalized spacial score (nSPS) is 12.1. The first kappa shape index (κ1) is 17.2. The molecule has 2 aromatic heterocycles. The highest BCUT2D eigenvalue weighted by molar-refractivity contribution is 6.26. The lowest BCUT2D eigenvalue weighted by Crippen LogP contribution is -2.23. The van der Waals surface area contributed by atoms with E-state index in [1.165, 1.54) is 13.2 Å². The standard InChI is InChI=1S/C23H15NO5/c1-28-23(27)18-11-10-13(29-18)12-24-20-15-7-3-4-8-16(15)21(25)19(20)14-6-2-5-9-17(14)22(24)26/h2-11H,12H2,1H3. The molecule has 2 aromatic carbocycles. The minimum Gasteiger partial charge on any atom is -0.463 e. The fourth-order valence-electron chi connectivity index (χ4n) is 3.91. The maximum Gasteiger partial charge on any atom is 0.373 e. The van der Waals surface area contributed by atoms with Crippen LogP contribution in [-0.2, 0) is 11.3 Å². The van der Waals surface area contributed by atoms with Crippen LogP contribution in [0.2, 0.25) is 0 Å². The molecule has 0 fully saturated rings. The van der Waals surface area contributed by atoms with Gasteiger partial charge in [0, 0.05) is 21.9 Å². The van der Waals surface area contributed by atoms with Gasteiger partial charge in [-0.15, -0.1) is 0 Å². The van der Waals surface area contributed by atoms with Crippen LogP contribution >= 0.6 is 0 Å². The van der Waals surface area contributed by atoms with Crippen LogP contribution in [0.25, 0.3) is 22.0 Å². The number of carbonyl (C=O) groups is 2. The third-order valence-corrected chi connectivity index (χ3v) is 5.19. The molecule has 5 rings (SSSR count). The zero-order valence-corrected chi connectivity index (χ0v) is 15.5. The molecule has 2 heterocycles. The molecule has 0 atom stereocenters. The molecule has 0 bridgehead atoms. The SMILES string of the molecule is COC(=O)c1ccc(Cn2c3c(c4ccccc4c2=O)C(=O)c2ccccc2-3)o1. The van der Waals surface area contributed by atoms with Gasteiger partial charge in [0.1, 0.15) is 5.76 Å². The summed E-state index contributed by atoms with van der Waals surface area (Å²) in [6.45, 7) is 0.0879. The molecule has 6 nitrogen and oxygen atoms in total. The van der Waals surface area contributed by atoms with Crippen molar-refractivity contribution in [2.45, 2.75) is 6.54 Å². The minimum absolute atomic E-state index is 0.0597. The Morgan fingerprint density at radius 3 is 2.38 bits per heavy atom. The lowest BCUT2D eigenvalue weighted by molar-refractivity contribution is 0.0563. The number of fused-ring (bicyclic) bond motifs is 5. The third kappa shape index (κ3) is 2.46. The van der Waals surface area contributed by atoms with Crippen LogP contribution in [0, 0.1) is 0 Å². The summed E-state index contributed by atoms with van der Waals surface area (Å²) in [5.41, 5.74) is 2.16. The Hall–Kier alpha value is -3.93. The van der Waals surface area contributed by atoms with Crippen molar-refractivity contribution < 1.29 is 18.7 Å². The molecule has 1 aliphatic rings. The fraction of sp³-hybridized carbons (Fsp3) is 0.0870. The van der Waals surface area contributed by atoms with Crippen LogP contribution in [0.4, 0.5) is 0 Å². The van der Waals surface area contributed by atoms with Gasteiger partial charge in [-0.25, -0.2) is 4.79 Å². The number of benzene rings is 2. The number of nitrogens with zero attached hydrogens (tertiary/aromatic N) is 1. The molecule has 0 spiro atoms. The average molecular weight is 385 g/mol. The van der Waals surface area contributed by atoms with Gasteiger partial charge in [-0.2, -0.15) is 0 Å². The van der Waals surface area contributed by atoms with E-state index in [4.69, 9.17) is 4.42 Å². The Morgan fingerprint density at radius 2 is 1.62 bits per heavy atom. The molecule has 142 valence electrons. The number of pyridine rings is 1. The Balaban J connectivity index is 1.78. The molecule has 6 heteroatoms. The number of rotatable bonds is 3. The van der Waals surface area contributed by atoms with Gasteiger partial charge in [0.2, 0.25) is 5.76 Å². The molecule has 0 unspecified atom stereocenters. The second-order valence-corrected chi connectivity index (χ2v) is 6.79. The molecule has 0 N–H and O–H groups in total. The Bertz CT molecular complexity index is 1380. The molecule has 29 heavy (non-hydrogen) atoms. The van der Waals surface area contributed by atoms with Crippen LogP contribution in [0.15, 0.2) is 69.9 Å². The largest absolute Gasteiger partial charge is 0.463 e. The van der Waals surface area contributed by atoms with E-state index in [9.17, 15) is 14.4 Å². The number of hydrogen-bond acceptors (Lipinski definition) is 5. The molecule has 0 amide bonds. The number of hydrogen-bond donors (Lipinski definition) is 0. The van der Waals surface area contributed by atoms with E-state index in [2.05, 4.69) is 4.74 Å². The van der Waals surface area contributed by atoms with Crippen molar-refractivity contribution in [3.05, 3.63) is 93.7 Å². The van der Waals surface area contributed by atoms with Crippen LogP contribution in [0.5, 0.6) is 0 Å². The van der Waals surface area contributed by atoms with Gasteiger partial charge in [-0.1, -0.05) is 42.5 Å². The van der Waals surface area contributed by atoms with Crippen molar-refractivity contribution in [3.63, 3.8) is 0 Å². The summed E-state index contributed by atoms with van der Waals surface area (Å²) in [6.07, 6.45) is 0. The highest BCUT2D eigenvalue weighted by Crippen LogP contribution is 2.39. The van der Waals surface area contributed by atoms with Crippen molar-refractivity contribution in [1.29, 1.82) is 0 Å². The van der Waals surface area contributed by atoms with Crippen LogP contribution < -0.4 is 5.56 Å². The van der Waals surface area contributed by atoms with Crippen molar-refractivity contribution >= 4 is 22.5 Å². The Kier molecular flexibility index (Phi) is 3.74. The van der Waals surface area contributed by atoms with E-state index < -0.39 is 5.97 Å². The number of methoxy groups -OCH3 is 1. The number of esters is 1. The first-order valence-corrected chi connectivity index (χ1v) is 9.07. The molecule has 0 saturated heterocycles. The maximum absolute atomic E-state index is 13.3. The van der Waals surface area contributed by atoms with E-state index in [0.29, 0.717) is 33.4 Å². The van der Waals surface area contributed by atoms with E-state index in [-0.39, 0.29) is 23.6 Å². The molecule has 0 radical (unpaired) electrons. The number of ether oxygens (including phenoxy) is 1. The molecule has 0 saturated carbocycles. The van der Waals surface area contributed by atoms with E-state index in [1.54, 1.807) is 34.9 Å². The smallest absolute Gasteiger partial charge is 0.373 e. The summed E-state index contributed by atoms with van der Waals surface area (Å²) < 4.78 is 11.8. The van der Waals surface area contributed by atoms with E-state index in [0.717, 1.165) is 5.56 Å². The number of furan rings is 1. The Morgan fingerprint density at radius 1 is 0.931 bits per heavy atom. The highest BCUT2D eigenvalue weighted by Gasteiger charge is 2.32. The number of aromatic nitrogens is 1. The monoisotopic (exact) mass is 385 g/mol. The fourth-order valence-corrected chi connectivity index (χ4v) is 3.91. The topological polar surface area (TPSA) is 78.5 Å². The van der Waals surface area contributed by atoms with Gasteiger partial charge >= 0.3 is 5.97 Å². The Labute approximate surface area is 165 Å². The number of carbonyl (C=O) groups excluding carboxylic acids is 2. The quantitative estimate of drug-likeness (QED) is 0.443. The molecule has 0 aliphatic heterocycles. The van der Waals surface area contributed by atoms with E-state index in [1.807, 2.05) is 24.3 Å².